The van der Waals surface area contributed by atoms with Crippen molar-refractivity contribution in [3.05, 3.63) is 29.8 Å². The largest absolute Gasteiger partial charge is 0.393 e. The molecular weight excluding hydrogens is 288 g/mol. The number of piperidine rings is 1. The summed E-state index contributed by atoms with van der Waals surface area (Å²) in [6.45, 7) is 4.62. The molecule has 6 heteroatoms. The van der Waals surface area contributed by atoms with Gasteiger partial charge in [0.25, 0.3) is 0 Å². The van der Waals surface area contributed by atoms with E-state index in [1.54, 1.807) is 18.2 Å². The summed E-state index contributed by atoms with van der Waals surface area (Å²) in [6.07, 6.45) is 0.0830. The molecule has 3 atom stereocenters. The van der Waals surface area contributed by atoms with E-state index in [4.69, 9.17) is 0 Å². The van der Waals surface area contributed by atoms with Crippen LogP contribution < -0.4 is 5.32 Å². The van der Waals surface area contributed by atoms with Crippen LogP contribution in [-0.4, -0.2) is 44.1 Å². The average molecular weight is 312 g/mol. The molecule has 3 unspecified atom stereocenters. The Kier molecular flexibility index (Phi) is 5.03. The van der Waals surface area contributed by atoms with Crippen molar-refractivity contribution in [1.82, 2.24) is 9.62 Å². The van der Waals surface area contributed by atoms with Gasteiger partial charge >= 0.3 is 0 Å². The molecule has 1 aromatic carbocycles. The van der Waals surface area contributed by atoms with Crippen LogP contribution in [0.5, 0.6) is 0 Å². The van der Waals surface area contributed by atoms with E-state index in [2.05, 4.69) is 5.32 Å². The normalized spacial score (nSPS) is 25.7. The first-order valence-electron chi connectivity index (χ1n) is 7.31. The van der Waals surface area contributed by atoms with Crippen LogP contribution in [0, 0.1) is 5.92 Å². The number of nitrogens with zero attached hydrogens (tertiary/aromatic N) is 1. The van der Waals surface area contributed by atoms with Crippen LogP contribution in [0.15, 0.2) is 29.2 Å². The highest BCUT2D eigenvalue weighted by Crippen LogP contribution is 2.25. The molecule has 0 saturated carbocycles. The number of sulfonamides is 1. The Morgan fingerprint density at radius 1 is 1.43 bits per heavy atom. The van der Waals surface area contributed by atoms with Crippen molar-refractivity contribution in [2.75, 3.05) is 20.1 Å². The molecule has 1 aliphatic rings. The molecular formula is C15H24N2O3S. The van der Waals surface area contributed by atoms with E-state index in [1.807, 2.05) is 27.0 Å². The Balaban J connectivity index is 2.27. The number of aliphatic hydroxyl groups excluding tert-OH is 1. The minimum Gasteiger partial charge on any atom is -0.393 e. The van der Waals surface area contributed by atoms with Crippen LogP contribution in [0.25, 0.3) is 0 Å². The fourth-order valence-electron chi connectivity index (χ4n) is 2.57. The molecule has 0 radical (unpaired) electrons. The van der Waals surface area contributed by atoms with Crippen LogP contribution in [0.4, 0.5) is 0 Å². The molecule has 0 aliphatic carbocycles. The maximum Gasteiger partial charge on any atom is 0.243 e. The van der Waals surface area contributed by atoms with Crippen molar-refractivity contribution in [3.8, 4) is 0 Å². The quantitative estimate of drug-likeness (QED) is 0.881. The lowest BCUT2D eigenvalue weighted by atomic mass is 9.99. The van der Waals surface area contributed by atoms with Crippen molar-refractivity contribution >= 4 is 10.0 Å². The first-order valence-corrected chi connectivity index (χ1v) is 8.75. The molecule has 0 bridgehead atoms. The van der Waals surface area contributed by atoms with Gasteiger partial charge in [-0.15, -0.1) is 0 Å². The molecule has 5 nitrogen and oxygen atoms in total. The topological polar surface area (TPSA) is 69.6 Å². The van der Waals surface area contributed by atoms with Crippen molar-refractivity contribution in [3.63, 3.8) is 0 Å². The average Bonchev–Trinajstić information content (AvgIpc) is 2.49. The zero-order chi connectivity index (χ0) is 15.6. The summed E-state index contributed by atoms with van der Waals surface area (Å²) < 4.78 is 26.9. The van der Waals surface area contributed by atoms with Crippen molar-refractivity contribution in [2.24, 2.45) is 5.92 Å². The molecule has 118 valence electrons. The molecule has 0 aromatic heterocycles. The zero-order valence-corrected chi connectivity index (χ0v) is 13.6. The molecule has 1 aliphatic heterocycles. The van der Waals surface area contributed by atoms with Crippen LogP contribution in [0.2, 0.25) is 0 Å². The van der Waals surface area contributed by atoms with Crippen molar-refractivity contribution in [2.45, 2.75) is 37.3 Å². The molecule has 1 heterocycles. The van der Waals surface area contributed by atoms with Gasteiger partial charge in [0, 0.05) is 19.1 Å². The highest BCUT2D eigenvalue weighted by molar-refractivity contribution is 7.89. The lowest BCUT2D eigenvalue weighted by Crippen LogP contribution is -2.44. The monoisotopic (exact) mass is 312 g/mol. The second-order valence-electron chi connectivity index (χ2n) is 5.78. The SMILES string of the molecule is CNC(C)c1cccc(S(=O)(=O)N2CCC(O)C(C)C2)c1. The van der Waals surface area contributed by atoms with Gasteiger partial charge in [-0.2, -0.15) is 4.31 Å². The minimum atomic E-state index is -3.49. The lowest BCUT2D eigenvalue weighted by molar-refractivity contribution is 0.0628. The van der Waals surface area contributed by atoms with Crippen molar-refractivity contribution < 1.29 is 13.5 Å². The smallest absolute Gasteiger partial charge is 0.243 e. The molecule has 1 aromatic rings. The van der Waals surface area contributed by atoms with Crippen LogP contribution in [0.1, 0.15) is 31.9 Å². The highest BCUT2D eigenvalue weighted by atomic mass is 32.2. The number of rotatable bonds is 4. The highest BCUT2D eigenvalue weighted by Gasteiger charge is 2.32. The summed E-state index contributed by atoms with van der Waals surface area (Å²) in [5.41, 5.74) is 0.948. The first kappa shape index (κ1) is 16.4. The Labute approximate surface area is 127 Å². The Hall–Kier alpha value is -0.950. The number of aliphatic hydroxyl groups is 1. The Morgan fingerprint density at radius 3 is 2.76 bits per heavy atom. The van der Waals surface area contributed by atoms with Gasteiger partial charge in [-0.25, -0.2) is 8.42 Å². The summed E-state index contributed by atoms with van der Waals surface area (Å²) in [6, 6.07) is 7.16. The van der Waals surface area contributed by atoms with E-state index in [0.717, 1.165) is 5.56 Å². The molecule has 2 N–H and O–H groups in total. The summed E-state index contributed by atoms with van der Waals surface area (Å²) in [7, 11) is -1.64. The van der Waals surface area contributed by atoms with Crippen LogP contribution in [0.3, 0.4) is 0 Å². The van der Waals surface area contributed by atoms with E-state index in [9.17, 15) is 13.5 Å². The van der Waals surface area contributed by atoms with Crippen molar-refractivity contribution in [1.29, 1.82) is 0 Å². The Bertz CT molecular complexity index is 588. The molecule has 0 amide bonds. The van der Waals surface area contributed by atoms with E-state index >= 15 is 0 Å². The maximum absolute atomic E-state index is 12.7. The minimum absolute atomic E-state index is 0.0343. The third-order valence-electron chi connectivity index (χ3n) is 4.25. The molecule has 21 heavy (non-hydrogen) atoms. The summed E-state index contributed by atoms with van der Waals surface area (Å²) in [5.74, 6) is -0.0343. The Morgan fingerprint density at radius 2 is 2.14 bits per heavy atom. The fourth-order valence-corrected chi connectivity index (χ4v) is 4.18. The van der Waals surface area contributed by atoms with Gasteiger partial charge in [-0.05, 0) is 44.0 Å². The lowest BCUT2D eigenvalue weighted by Gasteiger charge is -2.33. The third kappa shape index (κ3) is 3.45. The number of hydrogen-bond acceptors (Lipinski definition) is 4. The number of hydrogen-bond donors (Lipinski definition) is 2. The number of benzene rings is 1. The van der Waals surface area contributed by atoms with Crippen LogP contribution in [-0.2, 0) is 10.0 Å². The van der Waals surface area contributed by atoms with Gasteiger partial charge < -0.3 is 10.4 Å². The van der Waals surface area contributed by atoms with E-state index < -0.39 is 16.1 Å². The second kappa shape index (κ2) is 6.44. The summed E-state index contributed by atoms with van der Waals surface area (Å²) in [4.78, 5) is 0.325. The number of nitrogens with one attached hydrogen (secondary N) is 1. The second-order valence-corrected chi connectivity index (χ2v) is 7.72. The molecule has 1 saturated heterocycles. The fraction of sp³-hybridized carbons (Fsp3) is 0.600. The predicted molar refractivity (Wildman–Crippen MR) is 82.5 cm³/mol. The first-order chi connectivity index (χ1) is 9.86. The molecule has 2 rings (SSSR count). The van der Waals surface area contributed by atoms with Gasteiger partial charge in [-0.3, -0.25) is 0 Å². The standard InChI is InChI=1S/C15H24N2O3S/c1-11-10-17(8-7-15(11)18)21(19,20)14-6-4-5-13(9-14)12(2)16-3/h4-6,9,11-12,15-16,18H,7-8,10H2,1-3H3. The molecule has 0 spiro atoms. The van der Waals surface area contributed by atoms with E-state index in [-0.39, 0.29) is 12.0 Å². The zero-order valence-electron chi connectivity index (χ0n) is 12.8. The maximum atomic E-state index is 12.7. The van der Waals surface area contributed by atoms with Gasteiger partial charge in [0.1, 0.15) is 0 Å². The van der Waals surface area contributed by atoms with Gasteiger partial charge in [0.15, 0.2) is 0 Å². The van der Waals surface area contributed by atoms with E-state index in [1.165, 1.54) is 4.31 Å². The van der Waals surface area contributed by atoms with E-state index in [0.29, 0.717) is 24.4 Å². The summed E-state index contributed by atoms with van der Waals surface area (Å²) >= 11 is 0. The van der Waals surface area contributed by atoms with Gasteiger partial charge in [0.05, 0.1) is 11.0 Å². The summed E-state index contributed by atoms with van der Waals surface area (Å²) in [5, 5.41) is 12.9. The van der Waals surface area contributed by atoms with Crippen LogP contribution >= 0.6 is 0 Å². The van der Waals surface area contributed by atoms with Gasteiger partial charge in [-0.1, -0.05) is 19.1 Å². The predicted octanol–water partition coefficient (Wildman–Crippen LogP) is 1.36. The molecule has 1 fully saturated rings. The van der Waals surface area contributed by atoms with Gasteiger partial charge in [0.2, 0.25) is 10.0 Å². The third-order valence-corrected chi connectivity index (χ3v) is 6.11.